The highest BCUT2D eigenvalue weighted by molar-refractivity contribution is 5.75. The van der Waals surface area contributed by atoms with E-state index in [9.17, 15) is 0 Å². The van der Waals surface area contributed by atoms with Crippen molar-refractivity contribution in [3.63, 3.8) is 0 Å². The van der Waals surface area contributed by atoms with Gasteiger partial charge in [-0.2, -0.15) is 0 Å². The van der Waals surface area contributed by atoms with Crippen LogP contribution >= 0.6 is 0 Å². The first kappa shape index (κ1) is 54.3. The Labute approximate surface area is 522 Å². The smallest absolute Gasteiger partial charge is 0.201 e. The zero-order valence-corrected chi connectivity index (χ0v) is 51.1. The largest absolute Gasteiger partial charge is 0.213 e. The number of aromatic nitrogens is 4. The van der Waals surface area contributed by atoms with E-state index in [0.717, 1.165) is 55.9 Å². The van der Waals surface area contributed by atoms with Gasteiger partial charge < -0.3 is 0 Å². The predicted octanol–water partition coefficient (Wildman–Crippen LogP) is 18.8. The highest BCUT2D eigenvalue weighted by Gasteiger charge is 2.20. The Hall–Kier alpha value is -9.64. The van der Waals surface area contributed by atoms with Crippen LogP contribution in [0.4, 0.5) is 0 Å². The van der Waals surface area contributed by atoms with E-state index < -0.39 is 13.7 Å². The van der Waals surface area contributed by atoms with Gasteiger partial charge in [-0.3, -0.25) is 0 Å². The minimum Gasteiger partial charge on any atom is -0.201 e. The molecule has 0 aliphatic rings. The molecule has 8 aromatic carbocycles. The van der Waals surface area contributed by atoms with Crippen LogP contribution in [-0.2, 0) is 28.2 Å². The summed E-state index contributed by atoms with van der Waals surface area (Å²) >= 11 is 0. The molecule has 0 radical (unpaired) electrons. The summed E-state index contributed by atoms with van der Waals surface area (Å²) in [5.74, 6) is 0. The molecule has 0 saturated heterocycles. The SMILES string of the molecule is C.Cc1ccc(-c2cc(-c3ccccc3)c(C)c[n+]2C)c(C)c1.Cc1ccc(-c2cc(-c3ccccc3)cc[n+]2C)c(C)c1.[2H]C([2H])([2H])c1c[n+](C)c(-c2ccccc2C)cc1-c1ccccc1.[2H]C([2H])([2H])c1ccc(-c2cc(-c3ccccc3)cc[n+]2C)c(C)c1. The normalized spacial score (nSPS) is 11.8. The third kappa shape index (κ3) is 15.2. The first-order chi connectivity index (χ1) is 43.4. The highest BCUT2D eigenvalue weighted by atomic mass is 14.9. The maximum atomic E-state index is 7.90. The van der Waals surface area contributed by atoms with Crippen molar-refractivity contribution >= 4 is 0 Å². The van der Waals surface area contributed by atoms with Crippen molar-refractivity contribution in [2.24, 2.45) is 28.2 Å². The van der Waals surface area contributed by atoms with Gasteiger partial charge >= 0.3 is 0 Å². The molecule has 0 unspecified atom stereocenters. The molecule has 0 fully saturated rings. The first-order valence-electron chi connectivity index (χ1n) is 32.0. The van der Waals surface area contributed by atoms with E-state index in [1.165, 1.54) is 72.6 Å². The summed E-state index contributed by atoms with van der Waals surface area (Å²) in [5, 5.41) is 0. The number of pyridine rings is 4. The third-order valence-corrected chi connectivity index (χ3v) is 15.7. The molecule has 86 heavy (non-hydrogen) atoms. The number of aryl methyl sites for hydroxylation is 13. The molecular weight excluding hydrogens is 1040 g/mol. The molecule has 4 aromatic heterocycles. The highest BCUT2D eigenvalue weighted by Crippen LogP contribution is 2.32. The van der Waals surface area contributed by atoms with Crippen molar-refractivity contribution in [1.29, 1.82) is 0 Å². The fourth-order valence-electron chi connectivity index (χ4n) is 11.1. The van der Waals surface area contributed by atoms with E-state index in [1.807, 2.05) is 105 Å². The summed E-state index contributed by atoms with van der Waals surface area (Å²) < 4.78 is 54.7. The Bertz CT molecular complexity index is 4480. The van der Waals surface area contributed by atoms with Crippen molar-refractivity contribution in [2.75, 3.05) is 0 Å². The summed E-state index contributed by atoms with van der Waals surface area (Å²) in [7, 11) is 8.12. The molecule has 4 heteroatoms. The van der Waals surface area contributed by atoms with Crippen LogP contribution < -0.4 is 18.3 Å². The van der Waals surface area contributed by atoms with Crippen molar-refractivity contribution in [2.45, 2.75) is 69.6 Å². The summed E-state index contributed by atoms with van der Waals surface area (Å²) in [4.78, 5) is 0. The molecule has 0 bridgehead atoms. The van der Waals surface area contributed by atoms with Crippen molar-refractivity contribution in [3.05, 3.63) is 311 Å². The molecular formula is C82H86N4+4. The lowest BCUT2D eigenvalue weighted by molar-refractivity contribution is -0.660. The standard InChI is InChI=1S/C21H22N.3C20H20N.CH4/c1-15-10-11-19(16(2)12-15)21-13-20(17(3)14-22(21)4)18-8-6-5-7-9-18;1-15-9-7-8-12-18(15)20-13-19(16(2)14-21(20)3)17-10-5-4-6-11-17;2*1-15-9-10-19(16(2)13-15)20-14-18(11-12-21(20)3)17-7-5-4-6-8-17;/h5-14H,1-4H3;3*4-14H,1-3H3;1H4/q4*+1;/i;2D3;1D3;;. The fraction of sp³-hybridized carbons (Fsp3) is 0.171. The van der Waals surface area contributed by atoms with Crippen molar-refractivity contribution in [3.8, 4) is 89.5 Å². The Morgan fingerprint density at radius 3 is 0.977 bits per heavy atom. The zero-order valence-electron chi connectivity index (χ0n) is 57.1. The van der Waals surface area contributed by atoms with Crippen LogP contribution in [-0.4, -0.2) is 0 Å². The van der Waals surface area contributed by atoms with Gasteiger partial charge in [-0.1, -0.05) is 200 Å². The van der Waals surface area contributed by atoms with Gasteiger partial charge in [0.2, 0.25) is 22.8 Å². The number of nitrogens with zero attached hydrogens (tertiary/aromatic N) is 4. The first-order valence-corrected chi connectivity index (χ1v) is 29.0. The predicted molar refractivity (Wildman–Crippen MR) is 363 cm³/mol. The van der Waals surface area contributed by atoms with E-state index in [1.54, 1.807) is 18.3 Å². The van der Waals surface area contributed by atoms with Crippen LogP contribution in [0.3, 0.4) is 0 Å². The average Bonchev–Trinajstić information content (AvgIpc) is 0.809. The summed E-state index contributed by atoms with van der Waals surface area (Å²) in [5.41, 5.74) is 27.8. The average molecular weight is 1130 g/mol. The molecule has 12 rings (SSSR count). The van der Waals surface area contributed by atoms with Gasteiger partial charge in [0.25, 0.3) is 0 Å². The quantitative estimate of drug-likeness (QED) is 0.135. The zero-order chi connectivity index (χ0) is 65.1. The van der Waals surface area contributed by atoms with Crippen LogP contribution in [0.5, 0.6) is 0 Å². The van der Waals surface area contributed by atoms with Crippen LogP contribution in [0, 0.1) is 62.2 Å². The molecule has 0 amide bonds. The van der Waals surface area contributed by atoms with Gasteiger partial charge in [-0.05, 0) is 153 Å². The molecule has 12 aromatic rings. The van der Waals surface area contributed by atoms with E-state index in [-0.39, 0.29) is 7.43 Å². The Morgan fingerprint density at radius 2 is 0.581 bits per heavy atom. The van der Waals surface area contributed by atoms with Gasteiger partial charge in [0, 0.05) is 78.0 Å². The van der Waals surface area contributed by atoms with Gasteiger partial charge in [-0.15, -0.1) is 0 Å². The number of benzene rings is 8. The van der Waals surface area contributed by atoms with Crippen LogP contribution in [0.25, 0.3) is 89.5 Å². The molecule has 0 aliphatic heterocycles. The van der Waals surface area contributed by atoms with Crippen LogP contribution in [0.15, 0.2) is 261 Å². The number of hydrogen-bond donors (Lipinski definition) is 0. The fourth-order valence-corrected chi connectivity index (χ4v) is 11.1. The summed E-state index contributed by atoms with van der Waals surface area (Å²) in [6.45, 7) is 10.6. The minimum absolute atomic E-state index is 0. The molecule has 0 spiro atoms. The van der Waals surface area contributed by atoms with E-state index in [4.69, 9.17) is 8.22 Å². The molecule has 430 valence electrons. The molecule has 0 saturated carbocycles. The Kier molecular flexibility index (Phi) is 18.2. The third-order valence-electron chi connectivity index (χ3n) is 15.7. The maximum absolute atomic E-state index is 7.90. The van der Waals surface area contributed by atoms with Crippen molar-refractivity contribution in [1.82, 2.24) is 0 Å². The van der Waals surface area contributed by atoms with E-state index >= 15 is 0 Å². The number of rotatable bonds is 8. The summed E-state index contributed by atoms with van der Waals surface area (Å²) in [6, 6.07) is 80.8. The molecule has 4 nitrogen and oxygen atoms in total. The van der Waals surface area contributed by atoms with Gasteiger partial charge in [-0.25, -0.2) is 18.3 Å². The lowest BCUT2D eigenvalue weighted by atomic mass is 9.97. The van der Waals surface area contributed by atoms with Crippen LogP contribution in [0.2, 0.25) is 0 Å². The lowest BCUT2D eigenvalue weighted by Crippen LogP contribution is -2.31. The second-order valence-electron chi connectivity index (χ2n) is 22.2. The maximum Gasteiger partial charge on any atom is 0.213 e. The van der Waals surface area contributed by atoms with Gasteiger partial charge in [0.15, 0.2) is 24.8 Å². The van der Waals surface area contributed by atoms with E-state index in [0.29, 0.717) is 11.1 Å². The Balaban J connectivity index is 0.000000157. The molecule has 0 atom stereocenters. The minimum atomic E-state index is -2.16. The second kappa shape index (κ2) is 28.8. The van der Waals surface area contributed by atoms with Gasteiger partial charge in [0.1, 0.15) is 28.2 Å². The van der Waals surface area contributed by atoms with Crippen LogP contribution in [0.1, 0.15) is 65.7 Å². The molecule has 4 heterocycles. The van der Waals surface area contributed by atoms with Crippen molar-refractivity contribution < 1.29 is 26.5 Å². The Morgan fingerprint density at radius 1 is 0.244 bits per heavy atom. The molecule has 0 N–H and O–H groups in total. The summed E-state index contributed by atoms with van der Waals surface area (Å²) in [6.07, 6.45) is 8.12. The lowest BCUT2D eigenvalue weighted by Gasteiger charge is -2.10. The monoisotopic (exact) mass is 1130 g/mol. The second-order valence-corrected chi connectivity index (χ2v) is 22.2. The van der Waals surface area contributed by atoms with E-state index in [2.05, 4.69) is 233 Å². The number of hydrogen-bond acceptors (Lipinski definition) is 0. The molecule has 0 aliphatic carbocycles. The van der Waals surface area contributed by atoms with Gasteiger partial charge in [0.05, 0.1) is 0 Å². The topological polar surface area (TPSA) is 15.5 Å².